The van der Waals surface area contributed by atoms with Gasteiger partial charge in [0.1, 0.15) is 11.2 Å². The van der Waals surface area contributed by atoms with Crippen LogP contribution in [-0.2, 0) is 10.8 Å². The summed E-state index contributed by atoms with van der Waals surface area (Å²) in [6, 6.07) is 104. The summed E-state index contributed by atoms with van der Waals surface area (Å²) in [5.74, 6) is 2.17. The third kappa shape index (κ3) is 8.77. The monoisotopic (exact) mass is 1050 g/mol. The highest BCUT2D eigenvalue weighted by Gasteiger charge is 2.41. The molecule has 0 spiro atoms. The van der Waals surface area contributed by atoms with Crippen LogP contribution in [0.3, 0.4) is 0 Å². The molecule has 0 saturated heterocycles. The highest BCUT2D eigenvalue weighted by molar-refractivity contribution is 6.16. The summed E-state index contributed by atoms with van der Waals surface area (Å²) in [6.07, 6.45) is 8.17. The third-order valence-electron chi connectivity index (χ3n) is 16.6. The molecule has 0 aliphatic heterocycles. The number of allylic oxidation sites excluding steroid dienone is 4. The quantitative estimate of drug-likeness (QED) is 0.108. The average Bonchev–Trinajstić information content (AvgIpc) is 3.54. The van der Waals surface area contributed by atoms with Gasteiger partial charge in [0.15, 0.2) is 17.5 Å². The number of fused-ring (bicyclic) bond motifs is 3. The van der Waals surface area contributed by atoms with E-state index >= 15 is 0 Å². The lowest BCUT2D eigenvalue weighted by atomic mass is 9.63. The number of rotatable bonds is 13. The topological polar surface area (TPSA) is 51.8 Å². The van der Waals surface area contributed by atoms with Crippen LogP contribution in [0.25, 0.3) is 78.4 Å². The van der Waals surface area contributed by atoms with Crippen molar-refractivity contribution < 1.29 is 4.42 Å². The summed E-state index contributed by atoms with van der Waals surface area (Å²) < 4.78 is 7.19. The first-order valence-corrected chi connectivity index (χ1v) is 28.3. The van der Waals surface area contributed by atoms with E-state index in [1.54, 1.807) is 0 Å². The Labute approximate surface area is 479 Å². The zero-order valence-corrected chi connectivity index (χ0v) is 45.5. The van der Waals surface area contributed by atoms with Gasteiger partial charge in [0.25, 0.3) is 0 Å². The maximum Gasteiger partial charge on any atom is 0.164 e. The Kier molecular flexibility index (Phi) is 13.0. The number of aromatic nitrogens is 3. The normalized spacial score (nSPS) is 13.5. The Hall–Kier alpha value is -10.3. The van der Waals surface area contributed by atoms with Crippen molar-refractivity contribution in [3.05, 3.63) is 354 Å². The minimum Gasteiger partial charge on any atom is -0.455 e. The lowest BCUT2D eigenvalue weighted by molar-refractivity contribution is 0.670. The maximum atomic E-state index is 7.19. The van der Waals surface area contributed by atoms with Crippen molar-refractivity contribution in [1.82, 2.24) is 15.0 Å². The summed E-state index contributed by atoms with van der Waals surface area (Å²) in [4.78, 5) is 15.6. The van der Waals surface area contributed by atoms with Gasteiger partial charge in [-0.1, -0.05) is 298 Å². The zero-order valence-electron chi connectivity index (χ0n) is 45.5. The molecule has 11 aromatic carbocycles. The molecule has 0 saturated carbocycles. The van der Waals surface area contributed by atoms with E-state index in [-0.39, 0.29) is 0 Å². The molecule has 4 nitrogen and oxygen atoms in total. The highest BCUT2D eigenvalue weighted by Crippen LogP contribution is 2.50. The van der Waals surface area contributed by atoms with Gasteiger partial charge in [0.05, 0.1) is 10.8 Å². The van der Waals surface area contributed by atoms with Crippen LogP contribution in [0.5, 0.6) is 0 Å². The van der Waals surface area contributed by atoms with E-state index in [4.69, 9.17) is 19.4 Å². The van der Waals surface area contributed by atoms with Gasteiger partial charge in [-0.25, -0.2) is 15.0 Å². The molecule has 82 heavy (non-hydrogen) atoms. The predicted molar refractivity (Wildman–Crippen MR) is 336 cm³/mol. The number of nitrogens with zero attached hydrogens (tertiary/aromatic N) is 3. The molecule has 14 rings (SSSR count). The molecule has 1 atom stereocenters. The average molecular weight is 1050 g/mol. The van der Waals surface area contributed by atoms with Crippen LogP contribution >= 0.6 is 0 Å². The summed E-state index contributed by atoms with van der Waals surface area (Å²) in [5, 5.41) is 1.91. The van der Waals surface area contributed by atoms with Crippen LogP contribution in [0.15, 0.2) is 319 Å². The summed E-state index contributed by atoms with van der Waals surface area (Å²) in [5.41, 5.74) is 16.9. The Morgan fingerprint density at radius 1 is 0.354 bits per heavy atom. The fourth-order valence-electron chi connectivity index (χ4n) is 12.8. The van der Waals surface area contributed by atoms with Crippen LogP contribution in [0.2, 0.25) is 0 Å². The van der Waals surface area contributed by atoms with Crippen LogP contribution < -0.4 is 0 Å². The number of benzene rings is 11. The fraction of sp³-hybridized carbons (Fsp3) is 0.0641. The van der Waals surface area contributed by atoms with E-state index in [0.29, 0.717) is 23.4 Å². The SMILES string of the molecule is CC1C=C(C(c2ccccc2)(c2ccccc2)c2ccc(-c3cc(-c4ccc(C(c5ccccc5)(c5ccccc5)c5ccccc5)cc4)cc4c3oc3cccc(-c5nc(-c6ccccc6)nc(-c6ccccc6)n5)c34)cc2)C=CC1. The third-order valence-corrected chi connectivity index (χ3v) is 16.6. The lowest BCUT2D eigenvalue weighted by Gasteiger charge is -2.39. The standard InChI is InChI=1S/C78H57N3O/c1-54-25-23-40-67(51-54)78(63-36-19-7-20-37-63,64-38-21-8-22-39-64)66-49-45-56(46-50-66)69-52-59(55-43-47-65(48-44-55)77(60-30-13-4-14-31-60,61-32-15-5-16-33-61)62-34-17-6-18-35-62)53-70-72-68(41-24-42-71(72)82-73(69)70)76-80-74(57-26-9-2-10-27-57)79-75(81-76)58-28-11-3-12-29-58/h2-24,26-54H,25H2,1H3. The van der Waals surface area contributed by atoms with Crippen molar-refractivity contribution in [1.29, 1.82) is 0 Å². The molecule has 0 N–H and O–H groups in total. The van der Waals surface area contributed by atoms with E-state index in [2.05, 4.69) is 250 Å². The van der Waals surface area contributed by atoms with Gasteiger partial charge in [0, 0.05) is 33.0 Å². The smallest absolute Gasteiger partial charge is 0.164 e. The predicted octanol–water partition coefficient (Wildman–Crippen LogP) is 19.3. The molecule has 0 fully saturated rings. The number of furan rings is 1. The highest BCUT2D eigenvalue weighted by atomic mass is 16.3. The van der Waals surface area contributed by atoms with E-state index in [0.717, 1.165) is 67.3 Å². The first-order valence-electron chi connectivity index (χ1n) is 28.3. The molecule has 390 valence electrons. The van der Waals surface area contributed by atoms with Gasteiger partial charge in [-0.15, -0.1) is 0 Å². The van der Waals surface area contributed by atoms with E-state index < -0.39 is 10.8 Å². The minimum absolute atomic E-state index is 0.396. The molecule has 1 aliphatic rings. The van der Waals surface area contributed by atoms with Crippen molar-refractivity contribution in [3.8, 4) is 56.4 Å². The van der Waals surface area contributed by atoms with Gasteiger partial charge in [-0.2, -0.15) is 0 Å². The Bertz CT molecular complexity index is 4230. The fourth-order valence-corrected chi connectivity index (χ4v) is 12.8. The molecule has 4 heteroatoms. The van der Waals surface area contributed by atoms with E-state index in [1.807, 2.05) is 66.7 Å². The van der Waals surface area contributed by atoms with Crippen molar-refractivity contribution in [2.24, 2.45) is 5.92 Å². The van der Waals surface area contributed by atoms with Crippen molar-refractivity contribution in [2.75, 3.05) is 0 Å². The second-order valence-electron chi connectivity index (χ2n) is 21.4. The van der Waals surface area contributed by atoms with Crippen molar-refractivity contribution in [3.63, 3.8) is 0 Å². The molecule has 2 heterocycles. The first-order chi connectivity index (χ1) is 40.6. The second kappa shape index (κ2) is 21.4. The minimum atomic E-state index is -0.590. The van der Waals surface area contributed by atoms with E-state index in [1.165, 1.54) is 44.5 Å². The van der Waals surface area contributed by atoms with Crippen LogP contribution in [0, 0.1) is 5.92 Å². The molecule has 0 bridgehead atoms. The molecule has 1 aliphatic carbocycles. The molecule has 1 unspecified atom stereocenters. The summed E-state index contributed by atoms with van der Waals surface area (Å²) in [7, 11) is 0. The van der Waals surface area contributed by atoms with Crippen LogP contribution in [0.1, 0.15) is 52.3 Å². The lowest BCUT2D eigenvalue weighted by Crippen LogP contribution is -2.32. The van der Waals surface area contributed by atoms with Crippen LogP contribution in [0.4, 0.5) is 0 Å². The Morgan fingerprint density at radius 2 is 0.768 bits per heavy atom. The van der Waals surface area contributed by atoms with Crippen molar-refractivity contribution in [2.45, 2.75) is 24.2 Å². The second-order valence-corrected chi connectivity index (χ2v) is 21.4. The molecular formula is C78H57N3O. The van der Waals surface area contributed by atoms with Crippen LogP contribution in [-0.4, -0.2) is 15.0 Å². The zero-order chi connectivity index (χ0) is 54.9. The summed E-state index contributed by atoms with van der Waals surface area (Å²) >= 11 is 0. The Morgan fingerprint density at radius 3 is 1.24 bits per heavy atom. The Balaban J connectivity index is 0.996. The molecule has 0 amide bonds. The van der Waals surface area contributed by atoms with Gasteiger partial charge in [0.2, 0.25) is 0 Å². The largest absolute Gasteiger partial charge is 0.455 e. The molecule has 2 aromatic heterocycles. The van der Waals surface area contributed by atoms with Gasteiger partial charge in [-0.3, -0.25) is 0 Å². The maximum absolute atomic E-state index is 7.19. The van der Waals surface area contributed by atoms with Crippen molar-refractivity contribution >= 4 is 21.9 Å². The first kappa shape index (κ1) is 50.0. The van der Waals surface area contributed by atoms with Gasteiger partial charge >= 0.3 is 0 Å². The number of hydrogen-bond acceptors (Lipinski definition) is 4. The van der Waals surface area contributed by atoms with Gasteiger partial charge < -0.3 is 4.42 Å². The molecule has 13 aromatic rings. The van der Waals surface area contributed by atoms with E-state index in [9.17, 15) is 0 Å². The van der Waals surface area contributed by atoms with Gasteiger partial charge in [-0.05, 0) is 91.7 Å². The molecule has 0 radical (unpaired) electrons. The number of hydrogen-bond donors (Lipinski definition) is 0. The summed E-state index contributed by atoms with van der Waals surface area (Å²) in [6.45, 7) is 2.31. The molecular weight excluding hydrogens is 995 g/mol.